The SMILES string of the molecule is COc1cccc(N2CC[C@H](C(=O)NC(C)(C)C)C2=O)c1. The number of nitrogens with zero attached hydrogens (tertiary/aromatic N) is 1. The van der Waals surface area contributed by atoms with E-state index in [2.05, 4.69) is 5.32 Å². The highest BCUT2D eigenvalue weighted by Crippen LogP contribution is 2.28. The molecule has 1 heterocycles. The first-order valence-electron chi connectivity index (χ1n) is 7.09. The fraction of sp³-hybridized carbons (Fsp3) is 0.500. The first kappa shape index (κ1) is 15.4. The largest absolute Gasteiger partial charge is 0.497 e. The second-order valence-corrected chi connectivity index (χ2v) is 6.27. The molecule has 1 aliphatic rings. The molecule has 1 atom stereocenters. The topological polar surface area (TPSA) is 58.6 Å². The van der Waals surface area contributed by atoms with Gasteiger partial charge in [0.25, 0.3) is 0 Å². The lowest BCUT2D eigenvalue weighted by atomic mass is 10.0. The van der Waals surface area contributed by atoms with Crippen molar-refractivity contribution in [1.29, 1.82) is 0 Å². The van der Waals surface area contributed by atoms with Crippen LogP contribution in [0.3, 0.4) is 0 Å². The van der Waals surface area contributed by atoms with Gasteiger partial charge in [-0.25, -0.2) is 0 Å². The van der Waals surface area contributed by atoms with E-state index in [0.29, 0.717) is 18.7 Å². The first-order valence-corrected chi connectivity index (χ1v) is 7.09. The van der Waals surface area contributed by atoms with Gasteiger partial charge in [-0.1, -0.05) is 6.07 Å². The summed E-state index contributed by atoms with van der Waals surface area (Å²) in [5.74, 6) is -0.249. The fourth-order valence-electron chi connectivity index (χ4n) is 2.41. The molecule has 2 amide bonds. The predicted octanol–water partition coefficient (Wildman–Crippen LogP) is 1.96. The van der Waals surface area contributed by atoms with Crippen LogP contribution in [0.5, 0.6) is 5.75 Å². The van der Waals surface area contributed by atoms with Crippen molar-refractivity contribution >= 4 is 17.5 Å². The van der Waals surface area contributed by atoms with Crippen LogP contribution in [0.1, 0.15) is 27.2 Å². The Morgan fingerprint density at radius 2 is 2.10 bits per heavy atom. The fourth-order valence-corrected chi connectivity index (χ4v) is 2.41. The number of amides is 2. The highest BCUT2D eigenvalue weighted by molar-refractivity contribution is 6.09. The molecular formula is C16H22N2O3. The van der Waals surface area contributed by atoms with Gasteiger partial charge in [0, 0.05) is 23.8 Å². The lowest BCUT2D eigenvalue weighted by molar-refractivity contribution is -0.133. The number of rotatable bonds is 3. The van der Waals surface area contributed by atoms with E-state index in [1.807, 2.05) is 45.0 Å². The minimum absolute atomic E-state index is 0.148. The van der Waals surface area contributed by atoms with Gasteiger partial charge in [-0.3, -0.25) is 9.59 Å². The highest BCUT2D eigenvalue weighted by Gasteiger charge is 2.38. The van der Waals surface area contributed by atoms with Gasteiger partial charge in [-0.15, -0.1) is 0 Å². The molecule has 1 aromatic rings. The first-order chi connectivity index (χ1) is 9.81. The van der Waals surface area contributed by atoms with Crippen molar-refractivity contribution in [2.45, 2.75) is 32.7 Å². The van der Waals surface area contributed by atoms with E-state index in [1.54, 1.807) is 12.0 Å². The number of ether oxygens (including phenoxy) is 1. The Labute approximate surface area is 125 Å². The van der Waals surface area contributed by atoms with E-state index >= 15 is 0 Å². The Kier molecular flexibility index (Phi) is 4.21. The molecule has 2 rings (SSSR count). The number of carbonyl (C=O) groups excluding carboxylic acids is 2. The molecule has 1 saturated heterocycles. The van der Waals surface area contributed by atoms with Crippen LogP contribution in [-0.2, 0) is 9.59 Å². The van der Waals surface area contributed by atoms with Crippen molar-refractivity contribution in [2.75, 3.05) is 18.6 Å². The summed E-state index contributed by atoms with van der Waals surface area (Å²) in [5, 5.41) is 2.87. The molecular weight excluding hydrogens is 268 g/mol. The highest BCUT2D eigenvalue weighted by atomic mass is 16.5. The molecule has 114 valence electrons. The molecule has 0 aromatic heterocycles. The molecule has 21 heavy (non-hydrogen) atoms. The van der Waals surface area contributed by atoms with Crippen LogP contribution in [0.4, 0.5) is 5.69 Å². The van der Waals surface area contributed by atoms with E-state index in [4.69, 9.17) is 4.74 Å². The maximum atomic E-state index is 12.5. The van der Waals surface area contributed by atoms with Gasteiger partial charge in [-0.05, 0) is 39.3 Å². The Balaban J connectivity index is 2.12. The third kappa shape index (κ3) is 3.54. The Hall–Kier alpha value is -2.04. The monoisotopic (exact) mass is 290 g/mol. The van der Waals surface area contributed by atoms with Crippen LogP contribution in [0.2, 0.25) is 0 Å². The molecule has 0 spiro atoms. The summed E-state index contributed by atoms with van der Waals surface area (Å²) < 4.78 is 5.17. The molecule has 1 fully saturated rings. The minimum atomic E-state index is -0.601. The van der Waals surface area contributed by atoms with Gasteiger partial charge in [0.15, 0.2) is 0 Å². The predicted molar refractivity (Wildman–Crippen MR) is 81.3 cm³/mol. The van der Waals surface area contributed by atoms with Gasteiger partial charge in [0.1, 0.15) is 11.7 Å². The van der Waals surface area contributed by atoms with Crippen molar-refractivity contribution < 1.29 is 14.3 Å². The van der Waals surface area contributed by atoms with Crippen LogP contribution in [0.25, 0.3) is 0 Å². The molecule has 0 unspecified atom stereocenters. The summed E-state index contributed by atoms with van der Waals surface area (Å²) in [6, 6.07) is 7.32. The smallest absolute Gasteiger partial charge is 0.239 e. The molecule has 1 N–H and O–H groups in total. The zero-order valence-corrected chi connectivity index (χ0v) is 13.0. The van der Waals surface area contributed by atoms with Crippen molar-refractivity contribution in [2.24, 2.45) is 5.92 Å². The normalized spacial score (nSPS) is 18.8. The number of methoxy groups -OCH3 is 1. The zero-order valence-electron chi connectivity index (χ0n) is 13.0. The van der Waals surface area contributed by atoms with Gasteiger partial charge >= 0.3 is 0 Å². The van der Waals surface area contributed by atoms with E-state index in [0.717, 1.165) is 5.69 Å². The van der Waals surface area contributed by atoms with E-state index in [9.17, 15) is 9.59 Å². The summed E-state index contributed by atoms with van der Waals surface area (Å²) >= 11 is 0. The van der Waals surface area contributed by atoms with Crippen LogP contribution in [-0.4, -0.2) is 31.0 Å². The number of nitrogens with one attached hydrogen (secondary N) is 1. The number of hydrogen-bond acceptors (Lipinski definition) is 3. The van der Waals surface area contributed by atoms with E-state index < -0.39 is 5.92 Å². The van der Waals surface area contributed by atoms with Crippen LogP contribution in [0.15, 0.2) is 24.3 Å². The lowest BCUT2D eigenvalue weighted by Crippen LogP contribution is -2.45. The molecule has 0 bridgehead atoms. The zero-order chi connectivity index (χ0) is 15.6. The molecule has 0 saturated carbocycles. The summed E-state index contributed by atoms with van der Waals surface area (Å²) in [4.78, 5) is 26.3. The number of carbonyl (C=O) groups is 2. The van der Waals surface area contributed by atoms with Gasteiger partial charge in [0.05, 0.1) is 7.11 Å². The number of hydrogen-bond donors (Lipinski definition) is 1. The molecule has 0 aliphatic carbocycles. The van der Waals surface area contributed by atoms with Crippen LogP contribution in [0, 0.1) is 5.92 Å². The third-order valence-electron chi connectivity index (χ3n) is 3.39. The quantitative estimate of drug-likeness (QED) is 0.866. The standard InChI is InChI=1S/C16H22N2O3/c1-16(2,3)17-14(19)13-8-9-18(15(13)20)11-6-5-7-12(10-11)21-4/h5-7,10,13H,8-9H2,1-4H3,(H,17,19)/t13-/m1/s1. The van der Waals surface area contributed by atoms with Crippen molar-refractivity contribution in [1.82, 2.24) is 5.32 Å². The molecule has 1 aromatic carbocycles. The molecule has 5 heteroatoms. The summed E-state index contributed by atoms with van der Waals surface area (Å²) in [6.45, 7) is 6.27. The minimum Gasteiger partial charge on any atom is -0.497 e. The second kappa shape index (κ2) is 5.76. The van der Waals surface area contributed by atoms with Gasteiger partial charge in [0.2, 0.25) is 11.8 Å². The summed E-state index contributed by atoms with van der Waals surface area (Å²) in [5.41, 5.74) is 0.436. The summed E-state index contributed by atoms with van der Waals surface area (Å²) in [7, 11) is 1.59. The summed E-state index contributed by atoms with van der Waals surface area (Å²) in [6.07, 6.45) is 0.540. The van der Waals surface area contributed by atoms with Crippen molar-refractivity contribution in [3.05, 3.63) is 24.3 Å². The van der Waals surface area contributed by atoms with Gasteiger partial charge < -0.3 is 15.0 Å². The number of anilines is 1. The maximum Gasteiger partial charge on any atom is 0.239 e. The average molecular weight is 290 g/mol. The van der Waals surface area contributed by atoms with E-state index in [1.165, 1.54) is 0 Å². The maximum absolute atomic E-state index is 12.5. The van der Waals surface area contributed by atoms with Crippen LogP contribution >= 0.6 is 0 Å². The Bertz CT molecular complexity index is 549. The van der Waals surface area contributed by atoms with Crippen molar-refractivity contribution in [3.8, 4) is 5.75 Å². The van der Waals surface area contributed by atoms with Crippen LogP contribution < -0.4 is 15.0 Å². The average Bonchev–Trinajstić information content (AvgIpc) is 2.79. The Morgan fingerprint density at radius 3 is 2.71 bits per heavy atom. The van der Waals surface area contributed by atoms with Crippen molar-refractivity contribution in [3.63, 3.8) is 0 Å². The Morgan fingerprint density at radius 1 is 1.38 bits per heavy atom. The molecule has 5 nitrogen and oxygen atoms in total. The second-order valence-electron chi connectivity index (χ2n) is 6.27. The number of benzene rings is 1. The molecule has 0 radical (unpaired) electrons. The lowest BCUT2D eigenvalue weighted by Gasteiger charge is -2.23. The van der Waals surface area contributed by atoms with E-state index in [-0.39, 0.29) is 17.4 Å². The van der Waals surface area contributed by atoms with Gasteiger partial charge in [-0.2, -0.15) is 0 Å². The third-order valence-corrected chi connectivity index (χ3v) is 3.39. The molecule has 1 aliphatic heterocycles.